The van der Waals surface area contributed by atoms with E-state index in [0.717, 1.165) is 0 Å². The lowest BCUT2D eigenvalue weighted by molar-refractivity contribution is -0.384. The molecule has 0 radical (unpaired) electrons. The van der Waals surface area contributed by atoms with Gasteiger partial charge < -0.3 is 0 Å². The Labute approximate surface area is 86.6 Å². The summed E-state index contributed by atoms with van der Waals surface area (Å²) in [6, 6.07) is 2.77. The first kappa shape index (κ1) is 9.77. The molecule has 64 valence electrons. The van der Waals surface area contributed by atoms with Gasteiger partial charge in [0.2, 0.25) is 0 Å². The molecule has 0 heterocycles. The average Bonchev–Trinajstić information content (AvgIpc) is 2.00. The molecule has 0 aliphatic carbocycles. The van der Waals surface area contributed by atoms with Crippen LogP contribution < -0.4 is 0 Å². The van der Waals surface area contributed by atoms with Crippen LogP contribution in [-0.4, -0.2) is 4.92 Å². The number of nitro benzene ring substituents is 1. The third-order valence-electron chi connectivity index (χ3n) is 1.21. The maximum atomic E-state index is 10.3. The fourth-order valence-electron chi connectivity index (χ4n) is 0.657. The van der Waals surface area contributed by atoms with Gasteiger partial charge in [0, 0.05) is 10.5 Å². The van der Waals surface area contributed by atoms with E-state index in [4.69, 9.17) is 23.2 Å². The normalized spacial score (nSPS) is 9.92. The van der Waals surface area contributed by atoms with Crippen molar-refractivity contribution in [1.82, 2.24) is 0 Å². The minimum absolute atomic E-state index is 0.0453. The van der Waals surface area contributed by atoms with Crippen molar-refractivity contribution < 1.29 is 4.92 Å². The molecule has 1 aromatic rings. The van der Waals surface area contributed by atoms with Crippen LogP contribution in [0.3, 0.4) is 0 Å². The van der Waals surface area contributed by atoms with Crippen molar-refractivity contribution >= 4 is 44.8 Å². The van der Waals surface area contributed by atoms with Gasteiger partial charge in [-0.15, -0.1) is 0 Å². The predicted molar refractivity (Wildman–Crippen MR) is 50.8 cm³/mol. The zero-order valence-corrected chi connectivity index (χ0v) is 8.65. The van der Waals surface area contributed by atoms with E-state index in [1.807, 2.05) is 0 Å². The van der Waals surface area contributed by atoms with Gasteiger partial charge in [-0.05, 0) is 22.0 Å². The van der Waals surface area contributed by atoms with Crippen LogP contribution in [0.25, 0.3) is 0 Å². The number of hydrogen-bond acceptors (Lipinski definition) is 2. The second-order valence-corrected chi connectivity index (χ2v) is 3.56. The highest BCUT2D eigenvalue weighted by atomic mass is 79.9. The van der Waals surface area contributed by atoms with Crippen molar-refractivity contribution in [3.63, 3.8) is 0 Å². The van der Waals surface area contributed by atoms with E-state index in [2.05, 4.69) is 15.9 Å². The fourth-order valence-corrected chi connectivity index (χ4v) is 1.49. The van der Waals surface area contributed by atoms with E-state index >= 15 is 0 Å². The molecule has 0 fully saturated rings. The Morgan fingerprint density at radius 3 is 2.42 bits per heavy atom. The zero-order valence-electron chi connectivity index (χ0n) is 5.55. The summed E-state index contributed by atoms with van der Waals surface area (Å²) in [5, 5.41) is 10.4. The van der Waals surface area contributed by atoms with Gasteiger partial charge in [-0.25, -0.2) is 0 Å². The van der Waals surface area contributed by atoms with Crippen LogP contribution in [0.4, 0.5) is 5.69 Å². The summed E-state index contributed by atoms with van der Waals surface area (Å²) >= 11 is 14.3. The smallest absolute Gasteiger partial charge is 0.258 e. The molecule has 0 saturated carbocycles. The van der Waals surface area contributed by atoms with Gasteiger partial charge >= 0.3 is 0 Å². The van der Waals surface area contributed by atoms with E-state index in [-0.39, 0.29) is 15.7 Å². The molecule has 6 heteroatoms. The van der Waals surface area contributed by atoms with Gasteiger partial charge in [0.15, 0.2) is 0 Å². The van der Waals surface area contributed by atoms with Crippen LogP contribution in [0.5, 0.6) is 0 Å². The number of benzene rings is 1. The van der Waals surface area contributed by atoms with Crippen LogP contribution in [0.2, 0.25) is 10.0 Å². The van der Waals surface area contributed by atoms with E-state index in [0.29, 0.717) is 4.47 Å². The lowest BCUT2D eigenvalue weighted by atomic mass is 10.3. The third kappa shape index (κ3) is 1.71. The van der Waals surface area contributed by atoms with Crippen LogP contribution in [-0.2, 0) is 0 Å². The van der Waals surface area contributed by atoms with Crippen LogP contribution in [0.1, 0.15) is 0 Å². The molecule has 0 aliphatic rings. The first-order chi connectivity index (χ1) is 5.54. The van der Waals surface area contributed by atoms with Gasteiger partial charge in [0.25, 0.3) is 5.69 Å². The second-order valence-electron chi connectivity index (χ2n) is 1.95. The number of hydrogen-bond donors (Lipinski definition) is 0. The molecule has 3 nitrogen and oxygen atoms in total. The van der Waals surface area contributed by atoms with Crippen molar-refractivity contribution in [2.45, 2.75) is 0 Å². The first-order valence-electron chi connectivity index (χ1n) is 2.82. The number of halogens is 3. The molecular formula is C6H2BrCl2NO2. The molecule has 0 amide bonds. The second kappa shape index (κ2) is 3.60. The Balaban J connectivity index is 3.36. The fraction of sp³-hybridized carbons (Fsp3) is 0. The quantitative estimate of drug-likeness (QED) is 0.444. The predicted octanol–water partition coefficient (Wildman–Crippen LogP) is 3.66. The lowest BCUT2D eigenvalue weighted by Gasteiger charge is -1.98. The molecule has 0 N–H and O–H groups in total. The highest BCUT2D eigenvalue weighted by Crippen LogP contribution is 2.36. The van der Waals surface area contributed by atoms with Gasteiger partial charge in [0.1, 0.15) is 5.02 Å². The van der Waals surface area contributed by atoms with E-state index in [1.165, 1.54) is 12.1 Å². The van der Waals surface area contributed by atoms with E-state index in [9.17, 15) is 10.1 Å². The molecule has 1 rings (SSSR count). The van der Waals surface area contributed by atoms with Crippen molar-refractivity contribution in [2.24, 2.45) is 0 Å². The van der Waals surface area contributed by atoms with Crippen molar-refractivity contribution in [1.29, 1.82) is 0 Å². The maximum absolute atomic E-state index is 10.3. The Kier molecular flexibility index (Phi) is 2.93. The minimum Gasteiger partial charge on any atom is -0.258 e. The largest absolute Gasteiger partial charge is 0.289 e. The molecular weight excluding hydrogens is 269 g/mol. The van der Waals surface area contributed by atoms with Crippen molar-refractivity contribution in [3.8, 4) is 0 Å². The summed E-state index contributed by atoms with van der Waals surface area (Å²) in [5.74, 6) is 0. The minimum atomic E-state index is -0.583. The molecule has 0 atom stereocenters. The maximum Gasteiger partial charge on any atom is 0.289 e. The Morgan fingerprint density at radius 1 is 1.33 bits per heavy atom. The summed E-state index contributed by atoms with van der Waals surface area (Å²) < 4.78 is 0.541. The SMILES string of the molecule is O=[N+]([O-])c1ccc(Br)c(Cl)c1Cl. The lowest BCUT2D eigenvalue weighted by Crippen LogP contribution is -1.89. The van der Waals surface area contributed by atoms with Crippen LogP contribution in [0, 0.1) is 10.1 Å². The molecule has 0 bridgehead atoms. The topological polar surface area (TPSA) is 43.1 Å². The molecule has 1 aromatic carbocycles. The summed E-state index contributed by atoms with van der Waals surface area (Å²) in [7, 11) is 0. The Bertz CT molecular complexity index is 343. The van der Waals surface area contributed by atoms with Crippen LogP contribution in [0.15, 0.2) is 16.6 Å². The van der Waals surface area contributed by atoms with Gasteiger partial charge in [0.05, 0.1) is 9.95 Å². The highest BCUT2D eigenvalue weighted by molar-refractivity contribution is 9.10. The Hall–Kier alpha value is -0.320. The van der Waals surface area contributed by atoms with E-state index in [1.54, 1.807) is 0 Å². The highest BCUT2D eigenvalue weighted by Gasteiger charge is 2.16. The third-order valence-corrected chi connectivity index (χ3v) is 2.97. The van der Waals surface area contributed by atoms with Gasteiger partial charge in [-0.3, -0.25) is 10.1 Å². The summed E-state index contributed by atoms with van der Waals surface area (Å²) in [4.78, 5) is 9.75. The van der Waals surface area contributed by atoms with Crippen LogP contribution >= 0.6 is 39.1 Å². The monoisotopic (exact) mass is 269 g/mol. The molecule has 12 heavy (non-hydrogen) atoms. The number of rotatable bonds is 1. The number of nitro groups is 1. The number of nitrogens with zero attached hydrogens (tertiary/aromatic N) is 1. The Morgan fingerprint density at radius 2 is 1.92 bits per heavy atom. The zero-order chi connectivity index (χ0) is 9.30. The standard InChI is InChI=1S/C6H2BrCl2NO2/c7-3-1-2-4(10(11)12)6(9)5(3)8/h1-2H. The molecule has 0 aromatic heterocycles. The van der Waals surface area contributed by atoms with Gasteiger partial charge in [-0.2, -0.15) is 0 Å². The molecule has 0 spiro atoms. The molecule has 0 unspecified atom stereocenters. The average molecular weight is 271 g/mol. The summed E-state index contributed by atoms with van der Waals surface area (Å²) in [6.45, 7) is 0. The molecule has 0 saturated heterocycles. The summed E-state index contributed by atoms with van der Waals surface area (Å²) in [5.41, 5.74) is -0.190. The first-order valence-corrected chi connectivity index (χ1v) is 4.37. The summed E-state index contributed by atoms with van der Waals surface area (Å²) in [6.07, 6.45) is 0. The van der Waals surface area contributed by atoms with Gasteiger partial charge in [-0.1, -0.05) is 23.2 Å². The molecule has 0 aliphatic heterocycles. The van der Waals surface area contributed by atoms with Crippen molar-refractivity contribution in [3.05, 3.63) is 36.8 Å². The van der Waals surface area contributed by atoms with Crippen molar-refractivity contribution in [2.75, 3.05) is 0 Å². The van der Waals surface area contributed by atoms with E-state index < -0.39 is 4.92 Å².